The summed E-state index contributed by atoms with van der Waals surface area (Å²) in [5.41, 5.74) is -0.291. The van der Waals surface area contributed by atoms with Crippen molar-refractivity contribution in [3.8, 4) is 5.75 Å². The summed E-state index contributed by atoms with van der Waals surface area (Å²) in [6, 6.07) is 2.35. The van der Waals surface area contributed by atoms with Crippen LogP contribution in [0.15, 0.2) is 12.1 Å². The van der Waals surface area contributed by atoms with Crippen LogP contribution in [-0.4, -0.2) is 31.3 Å². The fraction of sp³-hybridized carbons (Fsp3) is 0.462. The fourth-order valence-electron chi connectivity index (χ4n) is 1.91. The lowest BCUT2D eigenvalue weighted by Crippen LogP contribution is -2.41. The van der Waals surface area contributed by atoms with E-state index in [4.69, 9.17) is 21.1 Å². The van der Waals surface area contributed by atoms with Crippen LogP contribution in [0.1, 0.15) is 24.2 Å². The van der Waals surface area contributed by atoms with Gasteiger partial charge in [0.25, 0.3) is 0 Å². The molecule has 1 aliphatic heterocycles. The van der Waals surface area contributed by atoms with Crippen LogP contribution in [0.4, 0.5) is 4.39 Å². The van der Waals surface area contributed by atoms with Gasteiger partial charge in [0, 0.05) is 11.6 Å². The van der Waals surface area contributed by atoms with Crippen molar-refractivity contribution < 1.29 is 18.7 Å². The third kappa shape index (κ3) is 3.43. The predicted molar refractivity (Wildman–Crippen MR) is 69.2 cm³/mol. The number of halogens is 2. The number of carbonyl (C=O) groups excluding carboxylic acids is 1. The van der Waals surface area contributed by atoms with E-state index in [-0.39, 0.29) is 29.0 Å². The first-order chi connectivity index (χ1) is 8.91. The summed E-state index contributed by atoms with van der Waals surface area (Å²) < 4.78 is 24.5. The first kappa shape index (κ1) is 14.2. The average molecular weight is 288 g/mol. The van der Waals surface area contributed by atoms with Crippen LogP contribution in [0.5, 0.6) is 5.75 Å². The van der Waals surface area contributed by atoms with Gasteiger partial charge in [-0.25, -0.2) is 4.39 Å². The highest BCUT2D eigenvalue weighted by atomic mass is 35.5. The highest BCUT2D eigenvalue weighted by Gasteiger charge is 2.31. The van der Waals surface area contributed by atoms with Gasteiger partial charge in [-0.3, -0.25) is 10.1 Å². The highest BCUT2D eigenvalue weighted by Crippen LogP contribution is 2.26. The van der Waals surface area contributed by atoms with Crippen molar-refractivity contribution in [1.29, 1.82) is 0 Å². The van der Waals surface area contributed by atoms with E-state index in [9.17, 15) is 9.18 Å². The molecule has 4 nitrogen and oxygen atoms in total. The SMILES string of the molecule is CC1(C)NC(COc2cc(Cl)c(C=O)cc2F)CO1. The van der Waals surface area contributed by atoms with E-state index in [2.05, 4.69) is 5.32 Å². The van der Waals surface area contributed by atoms with Crippen molar-refractivity contribution in [3.63, 3.8) is 0 Å². The molecule has 0 aromatic heterocycles. The number of rotatable bonds is 4. The lowest BCUT2D eigenvalue weighted by molar-refractivity contribution is 0.0230. The lowest BCUT2D eigenvalue weighted by Gasteiger charge is -2.18. The molecule has 1 aliphatic rings. The second kappa shape index (κ2) is 5.45. The Bertz CT molecular complexity index is 493. The number of hydrogen-bond donors (Lipinski definition) is 1. The Morgan fingerprint density at radius 1 is 1.63 bits per heavy atom. The van der Waals surface area contributed by atoms with Crippen LogP contribution in [0, 0.1) is 5.82 Å². The quantitative estimate of drug-likeness (QED) is 0.864. The number of aldehydes is 1. The third-order valence-electron chi connectivity index (χ3n) is 2.82. The standard InChI is InChI=1S/C13H15ClFNO3/c1-13(2)16-9(7-19-13)6-18-12-4-10(14)8(5-17)3-11(12)15/h3-5,9,16H,6-7H2,1-2H3. The molecule has 104 valence electrons. The second-order valence-corrected chi connectivity index (χ2v) is 5.30. The summed E-state index contributed by atoms with van der Waals surface area (Å²) in [6.45, 7) is 4.57. The largest absolute Gasteiger partial charge is 0.489 e. The van der Waals surface area contributed by atoms with Gasteiger partial charge < -0.3 is 9.47 Å². The number of carbonyl (C=O) groups is 1. The van der Waals surface area contributed by atoms with E-state index < -0.39 is 11.5 Å². The Morgan fingerprint density at radius 2 is 2.37 bits per heavy atom. The van der Waals surface area contributed by atoms with Crippen molar-refractivity contribution in [2.45, 2.75) is 25.6 Å². The summed E-state index contributed by atoms with van der Waals surface area (Å²) in [6.07, 6.45) is 0.504. The van der Waals surface area contributed by atoms with E-state index >= 15 is 0 Å². The monoisotopic (exact) mass is 287 g/mol. The van der Waals surface area contributed by atoms with E-state index in [1.54, 1.807) is 0 Å². The molecule has 1 fully saturated rings. The number of nitrogens with one attached hydrogen (secondary N) is 1. The molecule has 1 heterocycles. The van der Waals surface area contributed by atoms with Crippen molar-refractivity contribution in [2.75, 3.05) is 13.2 Å². The molecule has 2 rings (SSSR count). The van der Waals surface area contributed by atoms with Gasteiger partial charge in [-0.15, -0.1) is 0 Å². The third-order valence-corrected chi connectivity index (χ3v) is 3.14. The summed E-state index contributed by atoms with van der Waals surface area (Å²) in [5.74, 6) is -0.577. The molecule has 0 bridgehead atoms. The summed E-state index contributed by atoms with van der Waals surface area (Å²) in [5, 5.41) is 3.37. The first-order valence-corrected chi connectivity index (χ1v) is 6.28. The second-order valence-electron chi connectivity index (χ2n) is 4.90. The zero-order valence-corrected chi connectivity index (χ0v) is 11.5. The zero-order valence-electron chi connectivity index (χ0n) is 10.7. The maximum absolute atomic E-state index is 13.6. The minimum atomic E-state index is -0.607. The molecule has 0 aliphatic carbocycles. The van der Waals surface area contributed by atoms with Gasteiger partial charge in [-0.05, 0) is 19.9 Å². The van der Waals surface area contributed by atoms with E-state index in [1.165, 1.54) is 6.07 Å². The maximum Gasteiger partial charge on any atom is 0.165 e. The average Bonchev–Trinajstić information content (AvgIpc) is 2.69. The van der Waals surface area contributed by atoms with Gasteiger partial charge in [-0.1, -0.05) is 11.6 Å². The molecule has 1 atom stereocenters. The Morgan fingerprint density at radius 3 is 2.95 bits per heavy atom. The van der Waals surface area contributed by atoms with Crippen molar-refractivity contribution in [3.05, 3.63) is 28.5 Å². The summed E-state index contributed by atoms with van der Waals surface area (Å²) in [7, 11) is 0. The van der Waals surface area contributed by atoms with E-state index in [1.807, 2.05) is 13.8 Å². The normalized spacial score (nSPS) is 21.4. The molecule has 1 aromatic carbocycles. The molecular weight excluding hydrogens is 273 g/mol. The molecule has 1 aromatic rings. The van der Waals surface area contributed by atoms with Gasteiger partial charge in [-0.2, -0.15) is 0 Å². The Hall–Kier alpha value is -1.17. The molecule has 0 amide bonds. The van der Waals surface area contributed by atoms with E-state index in [0.717, 1.165) is 6.07 Å². The Balaban J connectivity index is 2.00. The Labute approximate surface area is 115 Å². The minimum Gasteiger partial charge on any atom is -0.489 e. The van der Waals surface area contributed by atoms with Crippen LogP contribution in [0.25, 0.3) is 0 Å². The highest BCUT2D eigenvalue weighted by molar-refractivity contribution is 6.33. The van der Waals surface area contributed by atoms with Gasteiger partial charge in [0.1, 0.15) is 12.3 Å². The fourth-order valence-corrected chi connectivity index (χ4v) is 2.11. The molecule has 0 saturated carbocycles. The van der Waals surface area contributed by atoms with Crippen LogP contribution in [-0.2, 0) is 4.74 Å². The van der Waals surface area contributed by atoms with Crippen molar-refractivity contribution in [2.24, 2.45) is 0 Å². The topological polar surface area (TPSA) is 47.6 Å². The molecule has 19 heavy (non-hydrogen) atoms. The van der Waals surface area contributed by atoms with Crippen molar-refractivity contribution >= 4 is 17.9 Å². The van der Waals surface area contributed by atoms with Crippen LogP contribution in [0.2, 0.25) is 5.02 Å². The van der Waals surface area contributed by atoms with Gasteiger partial charge in [0.15, 0.2) is 17.9 Å². The smallest absolute Gasteiger partial charge is 0.165 e. The molecule has 0 radical (unpaired) electrons. The van der Waals surface area contributed by atoms with E-state index in [0.29, 0.717) is 12.9 Å². The van der Waals surface area contributed by atoms with Crippen molar-refractivity contribution in [1.82, 2.24) is 5.32 Å². The molecule has 1 unspecified atom stereocenters. The number of benzene rings is 1. The molecule has 1 saturated heterocycles. The molecular formula is C13H15ClFNO3. The molecule has 6 heteroatoms. The Kier molecular flexibility index (Phi) is 4.08. The number of ether oxygens (including phenoxy) is 2. The maximum atomic E-state index is 13.6. The van der Waals surface area contributed by atoms with Crippen LogP contribution < -0.4 is 10.1 Å². The first-order valence-electron chi connectivity index (χ1n) is 5.90. The zero-order chi connectivity index (χ0) is 14.0. The van der Waals surface area contributed by atoms with Gasteiger partial charge in [0.2, 0.25) is 0 Å². The molecule has 1 N–H and O–H groups in total. The molecule has 0 spiro atoms. The van der Waals surface area contributed by atoms with Gasteiger partial charge in [0.05, 0.1) is 17.7 Å². The lowest BCUT2D eigenvalue weighted by atomic mass is 10.2. The van der Waals surface area contributed by atoms with Gasteiger partial charge >= 0.3 is 0 Å². The number of hydrogen-bond acceptors (Lipinski definition) is 4. The summed E-state index contributed by atoms with van der Waals surface area (Å²) >= 11 is 5.82. The van der Waals surface area contributed by atoms with Crippen LogP contribution in [0.3, 0.4) is 0 Å². The predicted octanol–water partition coefficient (Wildman–Crippen LogP) is 2.39. The minimum absolute atomic E-state index is 0.0149. The van der Waals surface area contributed by atoms with Crippen LogP contribution >= 0.6 is 11.6 Å². The summed E-state index contributed by atoms with van der Waals surface area (Å²) in [4.78, 5) is 10.6.